The number of aromatic nitrogens is 6. The molecular weight excluding hydrogens is 1980 g/mol. The Hall–Kier alpha value is -0.286. The zero-order valence-corrected chi connectivity index (χ0v) is 89.7. The molecule has 21 heteroatoms. The minimum atomic E-state index is -1.64. The molecule has 0 aliphatic heterocycles. The zero-order chi connectivity index (χ0) is 86.5. The van der Waals surface area contributed by atoms with Crippen LogP contribution in [0.25, 0.3) is 65.4 Å². The molecule has 0 N–H and O–H groups in total. The minimum Gasteiger partial charge on any atom is -0.247 e. The molecule has 10 fully saturated rings. The molecule has 10 aliphatic carbocycles. The largest absolute Gasteiger partial charge is 0.247 e. The van der Waals surface area contributed by atoms with Gasteiger partial charge >= 0.3 is 94.3 Å². The van der Waals surface area contributed by atoms with Crippen LogP contribution in [0.5, 0.6) is 0 Å². The number of rotatable bonds is 18. The van der Waals surface area contributed by atoms with E-state index in [9.17, 15) is 0 Å². The third kappa shape index (κ3) is 28.2. The predicted molar refractivity (Wildman–Crippen MR) is 566 cm³/mol. The van der Waals surface area contributed by atoms with E-state index in [1.54, 1.807) is 0 Å². The molecule has 0 atom stereocenters. The van der Waals surface area contributed by atoms with Gasteiger partial charge in [-0.15, -0.1) is 0 Å². The Morgan fingerprint density at radius 3 is 0.718 bits per heavy atom. The number of pyridine rings is 6. The first-order valence-corrected chi connectivity index (χ1v) is 70.9. The minimum absolute atomic E-state index is 0.145. The molecule has 6 nitrogen and oxygen atoms in total. The van der Waals surface area contributed by atoms with Gasteiger partial charge < -0.3 is 0 Å². The monoisotopic (exact) mass is 2120 g/mol. The second-order valence-electron chi connectivity index (χ2n) is 39.1. The van der Waals surface area contributed by atoms with Crippen LogP contribution >= 0.6 is 105 Å². The SMILES string of the molecule is Cc1ccc2ccc3ccc(C)nc3c2n1.ClP(C1CCCCC1)C1CCCCC1.[B]C.[B][P+](Cc1ccc2ccc3ccc(C[P+]([B])(C4CCCCC4)C4CCCCC4)nc3c2n1)(C1CCCCC1)C1CCCCC1.[Br][Fe][Br].[Br][Fe][Br].c1cc2ccc3ccc(C[PH+](C4CCCCC4)C4CCCCC4)nc3c2nc1C[PH+](C1CCCCC1)C1CCCCC1. The summed E-state index contributed by atoms with van der Waals surface area (Å²) in [5.74, 6) is 0. The summed E-state index contributed by atoms with van der Waals surface area (Å²) in [6.45, 7) is 5.52. The Labute approximate surface area is 804 Å². The van der Waals surface area contributed by atoms with E-state index >= 15 is 0 Å². The Kier molecular flexibility index (Phi) is 43.5. The van der Waals surface area contributed by atoms with Crippen LogP contribution in [0.3, 0.4) is 0 Å². The Morgan fingerprint density at radius 1 is 0.290 bits per heavy atom. The average molecular weight is 2120 g/mol. The van der Waals surface area contributed by atoms with Crippen LogP contribution in [0.1, 0.15) is 355 Å². The molecule has 0 spiro atoms. The number of hydrogen-bond donors (Lipinski definition) is 0. The summed E-state index contributed by atoms with van der Waals surface area (Å²) in [5, 5.41) is 7.27. The molecule has 10 aliphatic rings. The molecule has 6 aromatic heterocycles. The van der Waals surface area contributed by atoms with Gasteiger partial charge in [-0.05, 0) is 314 Å². The van der Waals surface area contributed by atoms with Gasteiger partial charge in [-0.2, -0.15) is 0 Å². The van der Waals surface area contributed by atoms with Crippen LogP contribution < -0.4 is 0 Å². The summed E-state index contributed by atoms with van der Waals surface area (Å²) in [5.41, 5.74) is 22.6. The third-order valence-electron chi connectivity index (χ3n) is 31.1. The Morgan fingerprint density at radius 2 is 0.476 bits per heavy atom. The van der Waals surface area contributed by atoms with Crippen molar-refractivity contribution < 1.29 is 22.7 Å². The van der Waals surface area contributed by atoms with Gasteiger partial charge in [0, 0.05) is 59.5 Å². The predicted octanol–water partition coefficient (Wildman–Crippen LogP) is 35.1. The number of hydrogen-bond acceptors (Lipinski definition) is 6. The van der Waals surface area contributed by atoms with Gasteiger partial charge in [0.15, 0.2) is 0 Å². The molecule has 9 aromatic rings. The molecule has 6 radical (unpaired) electrons. The van der Waals surface area contributed by atoms with Gasteiger partial charge in [0.05, 0.1) is 134 Å². The molecule has 124 heavy (non-hydrogen) atoms. The van der Waals surface area contributed by atoms with E-state index < -0.39 is 30.1 Å². The van der Waals surface area contributed by atoms with Crippen LogP contribution in [0.15, 0.2) is 109 Å². The number of nitrogens with zero attached hydrogens (tertiary/aromatic N) is 6. The van der Waals surface area contributed by atoms with Crippen molar-refractivity contribution >= 4 is 193 Å². The summed E-state index contributed by atoms with van der Waals surface area (Å²) in [6, 6.07) is 40.3. The first-order valence-electron chi connectivity index (χ1n) is 49.5. The molecule has 0 unspecified atom stereocenters. The van der Waals surface area contributed by atoms with E-state index in [4.69, 9.17) is 46.3 Å². The van der Waals surface area contributed by atoms with Crippen molar-refractivity contribution in [2.24, 2.45) is 0 Å². The van der Waals surface area contributed by atoms with Crippen LogP contribution in [-0.2, 0) is 47.3 Å². The number of aryl methyl sites for hydroxylation is 2. The van der Waals surface area contributed by atoms with E-state index in [2.05, 4.69) is 171 Å². The quantitative estimate of drug-likeness (QED) is 0.0484. The van der Waals surface area contributed by atoms with E-state index in [0.29, 0.717) is 0 Å². The summed E-state index contributed by atoms with van der Waals surface area (Å²) in [6.07, 6.45) is 75.9. The second kappa shape index (κ2) is 53.3. The van der Waals surface area contributed by atoms with Crippen molar-refractivity contribution in [1.29, 1.82) is 0 Å². The van der Waals surface area contributed by atoms with Crippen LogP contribution in [0.4, 0.5) is 0 Å². The van der Waals surface area contributed by atoms with Gasteiger partial charge in [0.2, 0.25) is 0 Å². The maximum atomic E-state index is 7.72. The number of halogens is 5. The molecule has 6 heterocycles. The van der Waals surface area contributed by atoms with Gasteiger partial charge in [0.25, 0.3) is 0 Å². The van der Waals surface area contributed by atoms with Crippen molar-refractivity contribution in [2.45, 2.75) is 423 Å². The van der Waals surface area contributed by atoms with Crippen LogP contribution in [-0.4, -0.2) is 109 Å². The smallest absolute Gasteiger partial charge is 0.0995 e. The zero-order valence-electron chi connectivity index (χ0n) is 75.7. The molecule has 3 aromatic carbocycles. The third-order valence-corrected chi connectivity index (χ3v) is 52.5. The van der Waals surface area contributed by atoms with Crippen molar-refractivity contribution in [1.82, 2.24) is 29.9 Å². The fourth-order valence-electron chi connectivity index (χ4n) is 24.5. The Bertz CT molecular complexity index is 4320. The van der Waals surface area contributed by atoms with Crippen LogP contribution in [0, 0.1) is 13.8 Å². The maximum Gasteiger partial charge on any atom is 0.0995 e. The Balaban J connectivity index is 0.000000151. The number of fused-ring (bicyclic) bond motifs is 9. The summed E-state index contributed by atoms with van der Waals surface area (Å²) in [4.78, 5) is 31.1. The summed E-state index contributed by atoms with van der Waals surface area (Å²) >= 11 is 20.7. The fraction of sp³-hybridized carbons (Fsp3) is 0.650. The molecule has 19 rings (SSSR count). The summed E-state index contributed by atoms with van der Waals surface area (Å²) in [7, 11) is 15.6. The summed E-state index contributed by atoms with van der Waals surface area (Å²) < 4.78 is 0. The molecule has 0 bridgehead atoms. The van der Waals surface area contributed by atoms with Crippen LogP contribution in [0.2, 0.25) is 6.82 Å². The number of benzene rings is 3. The maximum absolute atomic E-state index is 7.72. The average Bonchev–Trinajstić information content (AvgIpc) is 0.755. The first kappa shape index (κ1) is 101. The fourth-order valence-corrected chi connectivity index (χ4v) is 45.3. The van der Waals surface area contributed by atoms with E-state index in [0.717, 1.165) is 136 Å². The van der Waals surface area contributed by atoms with E-state index in [1.807, 2.05) is 26.0 Å². The van der Waals surface area contributed by atoms with Gasteiger partial charge in [-0.25, -0.2) is 19.9 Å². The standard InChI is InChI=1S/C38H54B2N2P2.C38H54N2P2.C14H12N2.C12H22ClP.CH3B.4BrH.2Fe/c39-43(33-13-5-1-6-14-33,34-15-7-2-8-16-34)27-31-25-23-29-21-22-30-24-26-32(42-38(30)37(29)41-31)28-44(40,35-17-9-3-10-18-35)36-19-11-4-12-20-36;1-5-13-33(14-6-1)41(34-15-7-2-8-16-34)27-31-25-23-29-21-22-30-24-26-32(40-38(30)37(29)39-31)28-42(35-17-9-3-10-18-35)36-19-11-4-12-20-36;1-9-3-5-11-7-8-12-6-4-10(2)16-14(12)13(11)15-9;13-14(11-7-3-1-4-8-11)12-9-5-2-6-10-12;1-2;;;;;;/h21-26,33-36H,1-20,27-28H2;21-26,33-36H,1-20,27-28H2;3-8H,1-2H3;11-12H,1-10H2;1H3;4*1H;;/q+2;;;;;;;;;2*+2/p-2. The molecular formula is C103H147B3Br4ClFe2N6P5+4. The van der Waals surface area contributed by atoms with Gasteiger partial charge in [-0.1, -0.05) is 181 Å². The van der Waals surface area contributed by atoms with Crippen molar-refractivity contribution in [2.75, 3.05) is 0 Å². The van der Waals surface area contributed by atoms with Crippen molar-refractivity contribution in [3.05, 3.63) is 143 Å². The second-order valence-corrected chi connectivity index (χ2v) is 67.4. The molecule has 0 saturated heterocycles. The molecule has 10 saturated carbocycles. The van der Waals surface area contributed by atoms with E-state index in [-0.39, 0.29) is 7.27 Å². The normalized spacial score (nSPS) is 20.5. The van der Waals surface area contributed by atoms with Crippen molar-refractivity contribution in [3.8, 4) is 0 Å². The molecule has 670 valence electrons. The molecule has 0 amide bonds. The first-order chi connectivity index (χ1) is 60.8. The topological polar surface area (TPSA) is 77.3 Å². The van der Waals surface area contributed by atoms with E-state index in [1.165, 1.54) is 396 Å². The van der Waals surface area contributed by atoms with Gasteiger partial charge in [-0.3, -0.25) is 9.97 Å². The van der Waals surface area contributed by atoms with Crippen molar-refractivity contribution in [3.63, 3.8) is 0 Å². The van der Waals surface area contributed by atoms with Gasteiger partial charge in [0.1, 0.15) is 0 Å².